The van der Waals surface area contributed by atoms with Gasteiger partial charge in [-0.15, -0.1) is 0 Å². The molecule has 1 amide bonds. The molecule has 1 aromatic carbocycles. The van der Waals surface area contributed by atoms with Gasteiger partial charge in [-0.2, -0.15) is 0 Å². The van der Waals surface area contributed by atoms with Crippen molar-refractivity contribution in [1.29, 1.82) is 0 Å². The minimum atomic E-state index is -1.07. The molecule has 1 fully saturated rings. The summed E-state index contributed by atoms with van der Waals surface area (Å²) in [6, 6.07) is 3.72. The van der Waals surface area contributed by atoms with Gasteiger partial charge in [0.15, 0.2) is 0 Å². The van der Waals surface area contributed by atoms with Crippen LogP contribution in [0.4, 0.5) is 26.5 Å². The predicted molar refractivity (Wildman–Crippen MR) is 141 cm³/mol. The average Bonchev–Trinajstić information content (AvgIpc) is 3.22. The number of fused-ring (bicyclic) bond motifs is 1. The third kappa shape index (κ3) is 6.47. The molecule has 0 spiro atoms. The summed E-state index contributed by atoms with van der Waals surface area (Å²) in [6.45, 7) is 7.47. The molecule has 1 aromatic heterocycles. The Balaban J connectivity index is 0.000000658. The number of carboxylic acid groups (broad SMARTS) is 1. The van der Waals surface area contributed by atoms with Crippen molar-refractivity contribution >= 4 is 35.0 Å². The van der Waals surface area contributed by atoms with Crippen LogP contribution in [0.2, 0.25) is 5.02 Å². The van der Waals surface area contributed by atoms with E-state index in [9.17, 15) is 9.90 Å². The number of halogens is 2. The van der Waals surface area contributed by atoms with Gasteiger partial charge in [0.05, 0.1) is 33.9 Å². The van der Waals surface area contributed by atoms with Crippen LogP contribution in [0.3, 0.4) is 0 Å². The molecular weight excluding hydrogens is 487 g/mol. The molecule has 4 rings (SSSR count). The van der Waals surface area contributed by atoms with Crippen LogP contribution in [0, 0.1) is 5.82 Å². The van der Waals surface area contributed by atoms with Gasteiger partial charge in [-0.25, -0.2) is 19.2 Å². The second kappa shape index (κ2) is 11.5. The van der Waals surface area contributed by atoms with Gasteiger partial charge in [0.2, 0.25) is 5.95 Å². The minimum Gasteiger partial charge on any atom is -0.465 e. The van der Waals surface area contributed by atoms with Crippen molar-refractivity contribution in [2.45, 2.75) is 83.6 Å². The van der Waals surface area contributed by atoms with Crippen molar-refractivity contribution in [3.63, 3.8) is 0 Å². The summed E-state index contributed by atoms with van der Waals surface area (Å²) in [5, 5.41) is 27.1. The van der Waals surface area contributed by atoms with Crippen LogP contribution < -0.4 is 20.9 Å². The Morgan fingerprint density at radius 2 is 1.92 bits per heavy atom. The first kappa shape index (κ1) is 27.7. The second-order valence-corrected chi connectivity index (χ2v) is 10.4. The van der Waals surface area contributed by atoms with E-state index in [2.05, 4.69) is 20.6 Å². The highest BCUT2D eigenvalue weighted by Crippen LogP contribution is 2.44. The van der Waals surface area contributed by atoms with E-state index in [0.29, 0.717) is 39.6 Å². The molecule has 2 heterocycles. The molecule has 1 aliphatic carbocycles. The molecule has 2 aromatic rings. The van der Waals surface area contributed by atoms with Crippen molar-refractivity contribution in [1.82, 2.24) is 15.3 Å². The lowest BCUT2D eigenvalue weighted by molar-refractivity contribution is 0.0579. The van der Waals surface area contributed by atoms with E-state index in [1.54, 1.807) is 20.0 Å². The summed E-state index contributed by atoms with van der Waals surface area (Å²) >= 11 is 6.43. The van der Waals surface area contributed by atoms with Crippen molar-refractivity contribution in [3.05, 3.63) is 29.2 Å². The van der Waals surface area contributed by atoms with Crippen LogP contribution in [0.5, 0.6) is 0 Å². The number of nitrogens with one attached hydrogen (secondary N) is 3. The number of nitrogens with zero attached hydrogens (tertiary/aromatic N) is 3. The van der Waals surface area contributed by atoms with Gasteiger partial charge >= 0.3 is 6.09 Å². The number of aromatic nitrogens is 2. The predicted octanol–water partition coefficient (Wildman–Crippen LogP) is 5.30. The third-order valence-electron chi connectivity index (χ3n) is 6.30. The summed E-state index contributed by atoms with van der Waals surface area (Å²) in [7, 11) is 1.35. The fourth-order valence-corrected chi connectivity index (χ4v) is 4.78. The maximum absolute atomic E-state index is 15.2. The Kier molecular flexibility index (Phi) is 8.84. The van der Waals surface area contributed by atoms with Crippen LogP contribution in [0.1, 0.15) is 59.8 Å². The number of hydrogen-bond donors (Lipinski definition) is 5. The van der Waals surface area contributed by atoms with Gasteiger partial charge < -0.3 is 31.1 Å². The fourth-order valence-electron chi connectivity index (χ4n) is 4.58. The molecule has 0 radical (unpaired) electrons. The molecular formula is C25H36ClFN6O3. The maximum atomic E-state index is 15.2. The lowest BCUT2D eigenvalue weighted by Gasteiger charge is -2.37. The second-order valence-electron chi connectivity index (χ2n) is 9.98. The fraction of sp³-hybridized carbons (Fsp3) is 0.560. The van der Waals surface area contributed by atoms with E-state index in [0.717, 1.165) is 12.8 Å². The van der Waals surface area contributed by atoms with E-state index >= 15 is 4.39 Å². The van der Waals surface area contributed by atoms with Gasteiger partial charge in [-0.05, 0) is 52.7 Å². The molecule has 1 unspecified atom stereocenters. The van der Waals surface area contributed by atoms with E-state index in [1.807, 2.05) is 30.1 Å². The first-order chi connectivity index (χ1) is 16.9. The zero-order valence-corrected chi connectivity index (χ0v) is 22.2. The van der Waals surface area contributed by atoms with Gasteiger partial charge in [0.25, 0.3) is 0 Å². The molecule has 0 bridgehead atoms. The maximum Gasteiger partial charge on any atom is 0.404 e. The number of carbonyl (C=O) groups is 1. The normalized spacial score (nSPS) is 17.7. The zero-order chi connectivity index (χ0) is 26.6. The van der Waals surface area contributed by atoms with E-state index in [1.165, 1.54) is 32.4 Å². The lowest BCUT2D eigenvalue weighted by atomic mass is 9.96. The monoisotopic (exact) mass is 522 g/mol. The molecule has 9 nitrogen and oxygen atoms in total. The minimum absolute atomic E-state index is 0.0456. The number of rotatable bonds is 5. The number of aliphatic hydroxyl groups is 1. The Hall–Kier alpha value is -2.85. The first-order valence-electron chi connectivity index (χ1n) is 12.2. The van der Waals surface area contributed by atoms with Gasteiger partial charge in [0.1, 0.15) is 12.0 Å². The Bertz CT molecular complexity index is 1070. The van der Waals surface area contributed by atoms with Crippen LogP contribution in [0.25, 0.3) is 11.3 Å². The standard InChI is InChI=1S/C23H31ClFN5O.C2H5NO2/c1-13(2)30-18-11-14(10-17(25)20(18)28-21(30)23(3,4)31)19-16(24)12-26-22(29-19)27-15-8-6-5-7-9-15;1-3-2(4)5/h10-13,15,21,28,31H,5-9H2,1-4H3,(H,26,27,29);3H,1H3,(H,4,5). The Labute approximate surface area is 216 Å². The van der Waals surface area contributed by atoms with Crippen LogP contribution >= 0.6 is 11.6 Å². The summed E-state index contributed by atoms with van der Waals surface area (Å²) in [5.41, 5.74) is 1.08. The van der Waals surface area contributed by atoms with Crippen molar-refractivity contribution < 1.29 is 19.4 Å². The molecule has 0 saturated heterocycles. The number of hydrogen-bond acceptors (Lipinski definition) is 7. The molecule has 1 saturated carbocycles. The Morgan fingerprint density at radius 3 is 2.47 bits per heavy atom. The smallest absolute Gasteiger partial charge is 0.404 e. The van der Waals surface area contributed by atoms with E-state index < -0.39 is 23.7 Å². The van der Waals surface area contributed by atoms with Crippen LogP contribution in [0.15, 0.2) is 18.3 Å². The van der Waals surface area contributed by atoms with Gasteiger partial charge in [-0.1, -0.05) is 30.9 Å². The number of amides is 1. The first-order valence-corrected chi connectivity index (χ1v) is 12.6. The summed E-state index contributed by atoms with van der Waals surface area (Å²) in [5.74, 6) is 0.113. The highest BCUT2D eigenvalue weighted by molar-refractivity contribution is 6.33. The molecule has 1 aliphatic heterocycles. The van der Waals surface area contributed by atoms with E-state index in [-0.39, 0.29) is 6.04 Å². The summed E-state index contributed by atoms with van der Waals surface area (Å²) in [4.78, 5) is 20.2. The summed E-state index contributed by atoms with van der Waals surface area (Å²) < 4.78 is 15.2. The quantitative estimate of drug-likeness (QED) is 0.358. The topological polar surface area (TPSA) is 123 Å². The van der Waals surface area contributed by atoms with Gasteiger partial charge in [-0.3, -0.25) is 0 Å². The molecule has 11 heteroatoms. The molecule has 198 valence electrons. The SMILES string of the molecule is CC(C)N1c2cc(-c3nc(NC4CCCCC4)ncc3Cl)cc(F)c2NC1C(C)(C)O.CNC(=O)O. The van der Waals surface area contributed by atoms with Crippen molar-refractivity contribution in [3.8, 4) is 11.3 Å². The largest absolute Gasteiger partial charge is 0.465 e. The van der Waals surface area contributed by atoms with E-state index in [4.69, 9.17) is 16.7 Å². The highest BCUT2D eigenvalue weighted by atomic mass is 35.5. The van der Waals surface area contributed by atoms with Gasteiger partial charge in [0, 0.05) is 24.7 Å². The van der Waals surface area contributed by atoms with Crippen molar-refractivity contribution in [2.24, 2.45) is 0 Å². The molecule has 1 atom stereocenters. The summed E-state index contributed by atoms with van der Waals surface area (Å²) in [6.07, 6.45) is 6.00. The highest BCUT2D eigenvalue weighted by Gasteiger charge is 2.41. The lowest BCUT2D eigenvalue weighted by Crippen LogP contribution is -2.53. The zero-order valence-electron chi connectivity index (χ0n) is 21.4. The average molecular weight is 523 g/mol. The van der Waals surface area contributed by atoms with Crippen LogP contribution in [-0.4, -0.2) is 57.2 Å². The molecule has 2 aliphatic rings. The van der Waals surface area contributed by atoms with Crippen LogP contribution in [-0.2, 0) is 0 Å². The molecule has 36 heavy (non-hydrogen) atoms. The third-order valence-corrected chi connectivity index (χ3v) is 6.58. The molecule has 5 N–H and O–H groups in total. The number of anilines is 3. The Morgan fingerprint density at radius 1 is 1.28 bits per heavy atom. The van der Waals surface area contributed by atoms with Crippen molar-refractivity contribution in [2.75, 3.05) is 22.6 Å². The number of benzene rings is 1.